The summed E-state index contributed by atoms with van der Waals surface area (Å²) in [5, 5.41) is 3.38. The first kappa shape index (κ1) is 15.8. The maximum atomic E-state index is 13.6. The number of allylic oxidation sites excluding steroid dienone is 2. The molecule has 21 heavy (non-hydrogen) atoms. The number of nitrogens with one attached hydrogen (secondary N) is 1. The van der Waals surface area contributed by atoms with Gasteiger partial charge in [-0.3, -0.25) is 0 Å². The molecule has 2 nitrogen and oxygen atoms in total. The third kappa shape index (κ3) is 4.43. The smallest absolute Gasteiger partial charge is 0.165 e. The highest BCUT2D eigenvalue weighted by Gasteiger charge is 2.17. The molecule has 0 amide bonds. The molecular formula is C18H24FNO. The average Bonchev–Trinajstić information content (AvgIpc) is 2.53. The summed E-state index contributed by atoms with van der Waals surface area (Å²) in [5.41, 5.74) is 2.53. The molecule has 1 fully saturated rings. The van der Waals surface area contributed by atoms with E-state index < -0.39 is 0 Å². The molecular weight excluding hydrogens is 265 g/mol. The zero-order valence-electron chi connectivity index (χ0n) is 12.9. The molecule has 0 saturated carbocycles. The predicted octanol–water partition coefficient (Wildman–Crippen LogP) is 4.10. The molecule has 1 heterocycles. The number of halogens is 1. The molecule has 0 atom stereocenters. The quantitative estimate of drug-likeness (QED) is 0.824. The van der Waals surface area contributed by atoms with E-state index >= 15 is 0 Å². The van der Waals surface area contributed by atoms with Crippen LogP contribution in [0.15, 0.2) is 47.6 Å². The van der Waals surface area contributed by atoms with E-state index in [0.29, 0.717) is 18.3 Å². The largest absolute Gasteiger partial charge is 0.486 e. The maximum Gasteiger partial charge on any atom is 0.165 e. The van der Waals surface area contributed by atoms with E-state index in [0.717, 1.165) is 31.5 Å². The first-order valence-corrected chi connectivity index (χ1v) is 7.62. The van der Waals surface area contributed by atoms with Crippen molar-refractivity contribution >= 4 is 0 Å². The van der Waals surface area contributed by atoms with Crippen LogP contribution < -0.4 is 10.1 Å². The molecule has 1 aliphatic heterocycles. The van der Waals surface area contributed by atoms with Crippen molar-refractivity contribution < 1.29 is 9.13 Å². The van der Waals surface area contributed by atoms with Gasteiger partial charge in [0.25, 0.3) is 0 Å². The SMILES string of the molecule is C/C=C\C(COc1ccccc1F)=C(/C)C1CCNCC1. The average molecular weight is 289 g/mol. The highest BCUT2D eigenvalue weighted by molar-refractivity contribution is 5.30. The highest BCUT2D eigenvalue weighted by atomic mass is 19.1. The van der Waals surface area contributed by atoms with Crippen molar-refractivity contribution in [3.63, 3.8) is 0 Å². The van der Waals surface area contributed by atoms with Gasteiger partial charge in [0.15, 0.2) is 11.6 Å². The minimum Gasteiger partial charge on any atom is -0.486 e. The molecule has 0 spiro atoms. The number of hydrogen-bond donors (Lipinski definition) is 1. The van der Waals surface area contributed by atoms with Crippen molar-refractivity contribution in [2.75, 3.05) is 19.7 Å². The lowest BCUT2D eigenvalue weighted by Gasteiger charge is -2.25. The summed E-state index contributed by atoms with van der Waals surface area (Å²) < 4.78 is 19.3. The van der Waals surface area contributed by atoms with Gasteiger partial charge in [0.1, 0.15) is 6.61 Å². The van der Waals surface area contributed by atoms with Crippen molar-refractivity contribution in [2.24, 2.45) is 5.92 Å². The number of piperidine rings is 1. The van der Waals surface area contributed by atoms with Gasteiger partial charge in [0.05, 0.1) is 0 Å². The van der Waals surface area contributed by atoms with Gasteiger partial charge in [0.2, 0.25) is 0 Å². The number of ether oxygens (including phenoxy) is 1. The Morgan fingerprint density at radius 1 is 1.33 bits per heavy atom. The highest BCUT2D eigenvalue weighted by Crippen LogP contribution is 2.25. The van der Waals surface area contributed by atoms with E-state index in [9.17, 15) is 4.39 Å². The monoisotopic (exact) mass is 289 g/mol. The Labute approximate surface area is 126 Å². The molecule has 0 unspecified atom stereocenters. The summed E-state index contributed by atoms with van der Waals surface area (Å²) in [5.74, 6) is 0.608. The van der Waals surface area contributed by atoms with E-state index in [1.165, 1.54) is 11.6 Å². The van der Waals surface area contributed by atoms with Crippen LogP contribution >= 0.6 is 0 Å². The van der Waals surface area contributed by atoms with Crippen LogP contribution in [0.5, 0.6) is 5.75 Å². The molecule has 1 N–H and O–H groups in total. The Balaban J connectivity index is 2.09. The van der Waals surface area contributed by atoms with Crippen molar-refractivity contribution in [2.45, 2.75) is 26.7 Å². The standard InChI is InChI=1S/C18H24FNO/c1-3-6-16(14(2)15-9-11-20-12-10-15)13-21-18-8-5-4-7-17(18)19/h3-8,15,20H,9-13H2,1-2H3/b6-3-,16-14-. The van der Waals surface area contributed by atoms with Gasteiger partial charge in [-0.2, -0.15) is 0 Å². The lowest BCUT2D eigenvalue weighted by Crippen LogP contribution is -2.28. The van der Waals surface area contributed by atoms with Crippen LogP contribution in [0.4, 0.5) is 4.39 Å². The second kappa shape index (κ2) is 7.99. The Morgan fingerprint density at radius 2 is 2.05 bits per heavy atom. The van der Waals surface area contributed by atoms with Crippen molar-refractivity contribution in [3.05, 3.63) is 53.4 Å². The maximum absolute atomic E-state index is 13.6. The van der Waals surface area contributed by atoms with Crippen molar-refractivity contribution in [1.29, 1.82) is 0 Å². The summed E-state index contributed by atoms with van der Waals surface area (Å²) in [6.45, 7) is 6.73. The Hall–Kier alpha value is -1.61. The fourth-order valence-electron chi connectivity index (χ4n) is 2.73. The van der Waals surface area contributed by atoms with Gasteiger partial charge in [-0.25, -0.2) is 4.39 Å². The second-order valence-electron chi connectivity index (χ2n) is 5.45. The van der Waals surface area contributed by atoms with Gasteiger partial charge < -0.3 is 10.1 Å². The Morgan fingerprint density at radius 3 is 2.71 bits per heavy atom. The van der Waals surface area contributed by atoms with Gasteiger partial charge in [-0.15, -0.1) is 0 Å². The van der Waals surface area contributed by atoms with Crippen LogP contribution in [0.1, 0.15) is 26.7 Å². The Kier molecular flexibility index (Phi) is 6.00. The molecule has 1 aromatic rings. The summed E-state index contributed by atoms with van der Waals surface area (Å²) in [4.78, 5) is 0. The summed E-state index contributed by atoms with van der Waals surface area (Å²) >= 11 is 0. The molecule has 114 valence electrons. The van der Waals surface area contributed by atoms with E-state index in [2.05, 4.69) is 18.3 Å². The summed E-state index contributed by atoms with van der Waals surface area (Å²) in [6, 6.07) is 6.55. The van der Waals surface area contributed by atoms with Crippen LogP contribution in [-0.2, 0) is 0 Å². The topological polar surface area (TPSA) is 21.3 Å². The van der Waals surface area contributed by atoms with E-state index in [1.54, 1.807) is 18.2 Å². The fraction of sp³-hybridized carbons (Fsp3) is 0.444. The van der Waals surface area contributed by atoms with Crippen molar-refractivity contribution in [3.8, 4) is 5.75 Å². The van der Waals surface area contributed by atoms with E-state index in [1.807, 2.05) is 13.0 Å². The van der Waals surface area contributed by atoms with Crippen LogP contribution in [-0.4, -0.2) is 19.7 Å². The minimum absolute atomic E-state index is 0.308. The van der Waals surface area contributed by atoms with Crippen LogP contribution in [0.2, 0.25) is 0 Å². The van der Waals surface area contributed by atoms with Gasteiger partial charge in [0, 0.05) is 0 Å². The minimum atomic E-state index is -0.308. The number of hydrogen-bond acceptors (Lipinski definition) is 2. The predicted molar refractivity (Wildman–Crippen MR) is 85.0 cm³/mol. The zero-order chi connectivity index (χ0) is 15.1. The second-order valence-corrected chi connectivity index (χ2v) is 5.45. The Bertz CT molecular complexity index is 516. The molecule has 1 aromatic carbocycles. The van der Waals surface area contributed by atoms with Crippen LogP contribution in [0, 0.1) is 11.7 Å². The molecule has 3 heteroatoms. The number of rotatable bonds is 5. The first-order chi connectivity index (χ1) is 10.2. The molecule has 2 rings (SSSR count). The number of para-hydroxylation sites is 1. The first-order valence-electron chi connectivity index (χ1n) is 7.62. The molecule has 0 bridgehead atoms. The van der Waals surface area contributed by atoms with Crippen molar-refractivity contribution in [1.82, 2.24) is 5.32 Å². The van der Waals surface area contributed by atoms with Gasteiger partial charge >= 0.3 is 0 Å². The molecule has 0 radical (unpaired) electrons. The summed E-state index contributed by atoms with van der Waals surface area (Å²) in [6.07, 6.45) is 6.42. The molecule has 0 aromatic heterocycles. The van der Waals surface area contributed by atoms with Gasteiger partial charge in [-0.05, 0) is 63.4 Å². The molecule has 0 aliphatic carbocycles. The van der Waals surface area contributed by atoms with Gasteiger partial charge in [-0.1, -0.05) is 29.9 Å². The van der Waals surface area contributed by atoms with E-state index in [-0.39, 0.29) is 5.82 Å². The fourth-order valence-corrected chi connectivity index (χ4v) is 2.73. The third-order valence-corrected chi connectivity index (χ3v) is 4.05. The third-order valence-electron chi connectivity index (χ3n) is 4.05. The lowest BCUT2D eigenvalue weighted by atomic mass is 9.88. The zero-order valence-corrected chi connectivity index (χ0v) is 12.9. The van der Waals surface area contributed by atoms with E-state index in [4.69, 9.17) is 4.74 Å². The van der Waals surface area contributed by atoms with Crippen LogP contribution in [0.3, 0.4) is 0 Å². The lowest BCUT2D eigenvalue weighted by molar-refractivity contribution is 0.330. The van der Waals surface area contributed by atoms with Crippen LogP contribution in [0.25, 0.3) is 0 Å². The number of benzene rings is 1. The normalized spacial score (nSPS) is 17.9. The summed E-state index contributed by atoms with van der Waals surface area (Å²) in [7, 11) is 0. The molecule has 1 aliphatic rings. The molecule has 1 saturated heterocycles.